The molecule has 2 aromatic rings. The topological polar surface area (TPSA) is 45.2 Å². The molecule has 2 rings (SSSR count). The number of hydrogen-bond donors (Lipinski definition) is 1. The van der Waals surface area contributed by atoms with Gasteiger partial charge in [-0.05, 0) is 30.9 Å². The van der Waals surface area contributed by atoms with E-state index in [0.717, 1.165) is 18.7 Å². The molecule has 0 fully saturated rings. The summed E-state index contributed by atoms with van der Waals surface area (Å²) in [5, 5.41) is 5.23. The van der Waals surface area contributed by atoms with E-state index in [4.69, 9.17) is 0 Å². The van der Waals surface area contributed by atoms with Crippen molar-refractivity contribution in [3.8, 4) is 0 Å². The first kappa shape index (κ1) is 14.5. The fraction of sp³-hybridized carbons (Fsp3) is 0.333. The zero-order valence-electron chi connectivity index (χ0n) is 11.8. The molecular formula is C15H19N3OS. The number of pyridine rings is 1. The van der Waals surface area contributed by atoms with Gasteiger partial charge in [0.25, 0.3) is 5.91 Å². The summed E-state index contributed by atoms with van der Waals surface area (Å²) in [6, 6.07) is 5.90. The first-order valence-electron chi connectivity index (χ1n) is 6.68. The lowest BCUT2D eigenvalue weighted by atomic mass is 10.2. The van der Waals surface area contributed by atoms with Crippen molar-refractivity contribution >= 4 is 22.9 Å². The van der Waals surface area contributed by atoms with Crippen LogP contribution in [0.15, 0.2) is 36.0 Å². The molecule has 0 aliphatic rings. The molecule has 0 unspecified atom stereocenters. The van der Waals surface area contributed by atoms with Crippen LogP contribution in [-0.4, -0.2) is 35.9 Å². The van der Waals surface area contributed by atoms with Crippen molar-refractivity contribution in [2.24, 2.45) is 0 Å². The Labute approximate surface area is 123 Å². The highest BCUT2D eigenvalue weighted by molar-refractivity contribution is 7.09. The summed E-state index contributed by atoms with van der Waals surface area (Å²) in [4.78, 5) is 19.6. The van der Waals surface area contributed by atoms with Gasteiger partial charge in [0.05, 0.1) is 17.4 Å². The second-order valence-electron chi connectivity index (χ2n) is 4.51. The second kappa shape index (κ2) is 7.05. The lowest BCUT2D eigenvalue weighted by Gasteiger charge is -2.18. The van der Waals surface area contributed by atoms with Crippen molar-refractivity contribution in [1.29, 1.82) is 0 Å². The van der Waals surface area contributed by atoms with Gasteiger partial charge in [-0.25, -0.2) is 0 Å². The summed E-state index contributed by atoms with van der Waals surface area (Å²) >= 11 is 1.72. The summed E-state index contributed by atoms with van der Waals surface area (Å²) < 4.78 is 0. The fourth-order valence-electron chi connectivity index (χ4n) is 1.95. The molecule has 0 atom stereocenters. The minimum atomic E-state index is 0.0277. The van der Waals surface area contributed by atoms with Gasteiger partial charge in [-0.1, -0.05) is 6.07 Å². The van der Waals surface area contributed by atoms with Gasteiger partial charge in [0.1, 0.15) is 0 Å². The van der Waals surface area contributed by atoms with Crippen molar-refractivity contribution < 1.29 is 4.79 Å². The number of carbonyl (C=O) groups is 1. The molecule has 106 valence electrons. The van der Waals surface area contributed by atoms with Gasteiger partial charge in [-0.15, -0.1) is 11.3 Å². The van der Waals surface area contributed by atoms with Crippen LogP contribution < -0.4 is 5.32 Å². The third-order valence-electron chi connectivity index (χ3n) is 3.04. The molecule has 0 spiro atoms. The molecule has 1 N–H and O–H groups in total. The van der Waals surface area contributed by atoms with Gasteiger partial charge in [0.2, 0.25) is 0 Å². The van der Waals surface area contributed by atoms with E-state index in [1.54, 1.807) is 34.7 Å². The number of hydrogen-bond acceptors (Lipinski definition) is 4. The van der Waals surface area contributed by atoms with E-state index in [2.05, 4.69) is 21.7 Å². The highest BCUT2D eigenvalue weighted by atomic mass is 32.1. The Morgan fingerprint density at radius 3 is 3.00 bits per heavy atom. The third kappa shape index (κ3) is 3.57. The van der Waals surface area contributed by atoms with Crippen LogP contribution in [0.5, 0.6) is 0 Å². The maximum atomic E-state index is 12.5. The van der Waals surface area contributed by atoms with Gasteiger partial charge < -0.3 is 10.2 Å². The number of carbonyl (C=O) groups excluding carboxylic acids is 1. The molecule has 0 aromatic carbocycles. The van der Waals surface area contributed by atoms with E-state index in [1.165, 1.54) is 4.88 Å². The van der Waals surface area contributed by atoms with E-state index >= 15 is 0 Å². The number of aromatic nitrogens is 1. The number of rotatable bonds is 6. The van der Waals surface area contributed by atoms with Crippen LogP contribution in [0.3, 0.4) is 0 Å². The SMILES string of the molecule is CCNc1cnccc1C(=O)N(C)CCc1cccs1. The van der Waals surface area contributed by atoms with E-state index in [0.29, 0.717) is 12.1 Å². The summed E-state index contributed by atoms with van der Waals surface area (Å²) in [6.07, 6.45) is 4.24. The second-order valence-corrected chi connectivity index (χ2v) is 5.54. The fourth-order valence-corrected chi connectivity index (χ4v) is 2.65. The molecule has 1 amide bonds. The van der Waals surface area contributed by atoms with Crippen molar-refractivity contribution in [3.05, 3.63) is 46.4 Å². The minimum Gasteiger partial charge on any atom is -0.383 e. The number of thiophene rings is 1. The van der Waals surface area contributed by atoms with E-state index in [9.17, 15) is 4.79 Å². The molecule has 0 aliphatic carbocycles. The van der Waals surface area contributed by atoms with Crippen LogP contribution in [0, 0.1) is 0 Å². The van der Waals surface area contributed by atoms with Crippen molar-refractivity contribution in [2.45, 2.75) is 13.3 Å². The molecule has 20 heavy (non-hydrogen) atoms. The normalized spacial score (nSPS) is 10.3. The Morgan fingerprint density at radius 2 is 2.30 bits per heavy atom. The van der Waals surface area contributed by atoms with Crippen LogP contribution >= 0.6 is 11.3 Å². The van der Waals surface area contributed by atoms with Crippen molar-refractivity contribution in [2.75, 3.05) is 25.5 Å². The molecule has 0 aliphatic heterocycles. The smallest absolute Gasteiger partial charge is 0.255 e. The average Bonchev–Trinajstić information content (AvgIpc) is 2.98. The van der Waals surface area contributed by atoms with Gasteiger partial charge in [-0.2, -0.15) is 0 Å². The predicted molar refractivity (Wildman–Crippen MR) is 83.4 cm³/mol. The standard InChI is InChI=1S/C15H19N3OS/c1-3-17-14-11-16-8-6-13(14)15(19)18(2)9-7-12-5-4-10-20-12/h4-6,8,10-11,17H,3,7,9H2,1-2H3. The lowest BCUT2D eigenvalue weighted by Crippen LogP contribution is -2.29. The molecule has 0 radical (unpaired) electrons. The number of nitrogens with zero attached hydrogens (tertiary/aromatic N) is 2. The summed E-state index contributed by atoms with van der Waals surface area (Å²) in [7, 11) is 1.84. The number of nitrogens with one attached hydrogen (secondary N) is 1. The maximum absolute atomic E-state index is 12.5. The van der Waals surface area contributed by atoms with Gasteiger partial charge in [-0.3, -0.25) is 9.78 Å². The molecule has 5 heteroatoms. The Bertz CT molecular complexity index is 554. The largest absolute Gasteiger partial charge is 0.383 e. The van der Waals surface area contributed by atoms with Crippen molar-refractivity contribution in [1.82, 2.24) is 9.88 Å². The Hall–Kier alpha value is -1.88. The summed E-state index contributed by atoms with van der Waals surface area (Å²) in [5.74, 6) is 0.0277. The molecule has 0 saturated heterocycles. The average molecular weight is 289 g/mol. The summed E-state index contributed by atoms with van der Waals surface area (Å²) in [6.45, 7) is 3.49. The van der Waals surface area contributed by atoms with E-state index in [-0.39, 0.29) is 5.91 Å². The van der Waals surface area contributed by atoms with Gasteiger partial charge in [0, 0.05) is 31.2 Å². The number of anilines is 1. The van der Waals surface area contributed by atoms with Crippen molar-refractivity contribution in [3.63, 3.8) is 0 Å². The molecule has 4 nitrogen and oxygen atoms in total. The Morgan fingerprint density at radius 1 is 1.45 bits per heavy atom. The van der Waals surface area contributed by atoms with E-state index in [1.807, 2.05) is 20.0 Å². The third-order valence-corrected chi connectivity index (χ3v) is 3.98. The first-order valence-corrected chi connectivity index (χ1v) is 7.56. The molecule has 0 saturated carbocycles. The molecule has 2 heterocycles. The van der Waals surface area contributed by atoms with Crippen LogP contribution in [-0.2, 0) is 6.42 Å². The monoisotopic (exact) mass is 289 g/mol. The highest BCUT2D eigenvalue weighted by Crippen LogP contribution is 2.16. The molecule has 2 aromatic heterocycles. The lowest BCUT2D eigenvalue weighted by molar-refractivity contribution is 0.0797. The predicted octanol–water partition coefficient (Wildman–Crippen LogP) is 2.89. The van der Waals surface area contributed by atoms with Gasteiger partial charge in [0.15, 0.2) is 0 Å². The Balaban J connectivity index is 2.02. The molecule has 0 bridgehead atoms. The zero-order chi connectivity index (χ0) is 14.4. The van der Waals surface area contributed by atoms with Crippen LogP contribution in [0.4, 0.5) is 5.69 Å². The quantitative estimate of drug-likeness (QED) is 0.889. The zero-order valence-corrected chi connectivity index (χ0v) is 12.6. The summed E-state index contributed by atoms with van der Waals surface area (Å²) in [5.41, 5.74) is 1.47. The maximum Gasteiger partial charge on any atom is 0.255 e. The van der Waals surface area contributed by atoms with Gasteiger partial charge >= 0.3 is 0 Å². The highest BCUT2D eigenvalue weighted by Gasteiger charge is 2.15. The Kier molecular flexibility index (Phi) is 5.12. The van der Waals surface area contributed by atoms with E-state index < -0.39 is 0 Å². The number of likely N-dealkylation sites (N-methyl/N-ethyl adjacent to an activating group) is 1. The first-order chi connectivity index (χ1) is 9.72. The van der Waals surface area contributed by atoms with Crippen LogP contribution in [0.1, 0.15) is 22.2 Å². The minimum absolute atomic E-state index is 0.0277. The number of amides is 1. The van der Waals surface area contributed by atoms with Crippen LogP contribution in [0.25, 0.3) is 0 Å². The molecular weight excluding hydrogens is 270 g/mol. The van der Waals surface area contributed by atoms with Crippen LogP contribution in [0.2, 0.25) is 0 Å².